The summed E-state index contributed by atoms with van der Waals surface area (Å²) in [6.45, 7) is 31.3. The van der Waals surface area contributed by atoms with Gasteiger partial charge < -0.3 is 38.5 Å². The molecule has 18 heteroatoms. The van der Waals surface area contributed by atoms with Crippen molar-refractivity contribution in [2.45, 2.75) is 231 Å². The van der Waals surface area contributed by atoms with Gasteiger partial charge in [0.05, 0.1) is 77.1 Å². The van der Waals surface area contributed by atoms with E-state index in [1.54, 1.807) is 0 Å². The minimum atomic E-state index is -1.39. The largest absolute Gasteiger partial charge is 0.466 e. The molecule has 1 saturated heterocycles. The molecule has 0 saturated carbocycles. The average Bonchev–Trinajstić information content (AvgIpc) is 3.94. The van der Waals surface area contributed by atoms with Gasteiger partial charge in [0.15, 0.2) is 0 Å². The fourth-order valence-corrected chi connectivity index (χ4v) is 13.7. The maximum absolute atomic E-state index is 14.7. The predicted molar refractivity (Wildman–Crippen MR) is 323 cm³/mol. The van der Waals surface area contributed by atoms with Crippen molar-refractivity contribution in [3.63, 3.8) is 0 Å². The number of fused-ring (bicyclic) bond motifs is 6. The second-order valence-electron chi connectivity index (χ2n) is 25.3. The van der Waals surface area contributed by atoms with E-state index in [0.717, 1.165) is 0 Å². The lowest BCUT2D eigenvalue weighted by atomic mass is 9.55. The van der Waals surface area contributed by atoms with Gasteiger partial charge in [-0.05, 0) is 109 Å². The Kier molecular flexibility index (Phi) is 25.2. The van der Waals surface area contributed by atoms with Gasteiger partial charge in [-0.25, -0.2) is 0 Å². The third kappa shape index (κ3) is 15.5. The Labute approximate surface area is 501 Å². The van der Waals surface area contributed by atoms with Crippen LogP contribution in [0.4, 0.5) is 0 Å². The molecule has 0 aromatic rings. The topological polar surface area (TPSA) is 233 Å². The zero-order valence-electron chi connectivity index (χ0n) is 53.7. The third-order valence-corrected chi connectivity index (χ3v) is 18.5. The summed E-state index contributed by atoms with van der Waals surface area (Å²) in [5.74, 6) is -5.21. The number of carbonyl (C=O) groups excluding carboxylic acids is 7. The van der Waals surface area contributed by atoms with Gasteiger partial charge in [0, 0.05) is 105 Å². The number of allylic oxidation sites excluding steroid dienone is 6. The molecule has 84 heavy (non-hydrogen) atoms. The molecule has 5 aliphatic heterocycles. The van der Waals surface area contributed by atoms with Gasteiger partial charge >= 0.3 is 41.8 Å². The standard InChI is InChI=1S/C66H102N4O14/c1-16-31-78-50(71)26-23-44-48-39-49-62(10,11)45(24-27-51(72)79-32-17-2)57(68-49)42(8)59-63(12,30-29-53(74)81-34-19-4)47(38-54(75)82-35-20-5)61(69-59)66(15)65(14,41-56(77)84-37-22-7)46(25-28-52(73)80-33-18-3)58(70-66)43(9)60(67-48)64(44,13)40-55(76)83-36-21-6/h39,44-47,61,67H,16-38,40-41H2,1-15H3/b48-39-,57-42?,60-43-/t44-,45-,46-,47+,61-,63-,64+,65+,66+/m1/s1. The number of carbonyl (C=O) groups is 7. The van der Waals surface area contributed by atoms with Gasteiger partial charge in [-0.3, -0.25) is 48.5 Å². The van der Waals surface area contributed by atoms with Crippen LogP contribution in [0.15, 0.2) is 49.3 Å². The molecule has 1 N–H and O–H groups in total. The Hall–Kier alpha value is -5.68. The summed E-state index contributed by atoms with van der Waals surface area (Å²) in [6.07, 6.45) is 7.04. The fraction of sp³-hybridized carbons (Fsp3) is 0.758. The molecule has 5 heterocycles. The second-order valence-corrected chi connectivity index (χ2v) is 25.3. The second kappa shape index (κ2) is 30.6. The van der Waals surface area contributed by atoms with Crippen LogP contribution in [0.1, 0.15) is 219 Å². The van der Waals surface area contributed by atoms with E-state index in [1.807, 2.05) is 96.1 Å². The highest BCUT2D eigenvalue weighted by molar-refractivity contribution is 6.10. The molecule has 0 aromatic heterocycles. The Balaban J connectivity index is 2.03. The molecule has 0 aromatic carbocycles. The smallest absolute Gasteiger partial charge is 0.306 e. The first kappa shape index (κ1) is 69.1. The van der Waals surface area contributed by atoms with Crippen LogP contribution in [-0.4, -0.2) is 117 Å². The average molecular weight is 1180 g/mol. The maximum Gasteiger partial charge on any atom is 0.306 e. The lowest BCUT2D eigenvalue weighted by Gasteiger charge is -2.48. The summed E-state index contributed by atoms with van der Waals surface area (Å²) >= 11 is 0. The van der Waals surface area contributed by atoms with Gasteiger partial charge in [-0.1, -0.05) is 83.1 Å². The van der Waals surface area contributed by atoms with Gasteiger partial charge in [-0.2, -0.15) is 0 Å². The molecule has 0 spiro atoms. The molecule has 18 nitrogen and oxygen atoms in total. The number of aliphatic imine (C=N–C) groups is 3. The van der Waals surface area contributed by atoms with E-state index in [-0.39, 0.29) is 122 Å². The highest BCUT2D eigenvalue weighted by atomic mass is 16.6. The summed E-state index contributed by atoms with van der Waals surface area (Å²) in [7, 11) is 0. The Morgan fingerprint density at radius 3 is 1.43 bits per heavy atom. The molecular weight excluding hydrogens is 1070 g/mol. The predicted octanol–water partition coefficient (Wildman–Crippen LogP) is 12.0. The highest BCUT2D eigenvalue weighted by Crippen LogP contribution is 2.63. The van der Waals surface area contributed by atoms with Crippen LogP contribution in [0.3, 0.4) is 0 Å². The van der Waals surface area contributed by atoms with Crippen LogP contribution < -0.4 is 5.32 Å². The van der Waals surface area contributed by atoms with Gasteiger partial charge in [0.2, 0.25) is 0 Å². The van der Waals surface area contributed by atoms with Gasteiger partial charge in [-0.15, -0.1) is 0 Å². The summed E-state index contributed by atoms with van der Waals surface area (Å²) in [5, 5.41) is 3.86. The van der Waals surface area contributed by atoms with Crippen molar-refractivity contribution in [2.24, 2.45) is 60.3 Å². The lowest BCUT2D eigenvalue weighted by Crippen LogP contribution is -2.55. The normalized spacial score (nSPS) is 29.0. The molecule has 9 atom stereocenters. The SMILES string of the molecule is CCCOC(=O)CC[C@@H]1C2=C(C)C3=N[C@H]([C@H](CC(=O)OCCC)[C@@]3(C)CCC(=O)OCCC)[C@]3(C)N=C(/C(C)=C4\N/C(=C\C(=N2)C1(C)C)[C@@H](CCC(=O)OCCC)[C@]4(C)CC(=O)OCCC)[C@@H](CCC(=O)OCCC)[C@]3(C)CC(=O)OCCC. The van der Waals surface area contributed by atoms with E-state index in [1.165, 1.54) is 0 Å². The summed E-state index contributed by atoms with van der Waals surface area (Å²) in [5.41, 5.74) is -0.291. The first-order valence-electron chi connectivity index (χ1n) is 31.6. The maximum atomic E-state index is 14.7. The number of hydrogen-bond donors (Lipinski definition) is 1. The summed E-state index contributed by atoms with van der Waals surface area (Å²) in [6, 6.07) is -0.893. The quantitative estimate of drug-likeness (QED) is 0.0487. The van der Waals surface area contributed by atoms with Gasteiger partial charge in [0.1, 0.15) is 0 Å². The van der Waals surface area contributed by atoms with E-state index in [4.69, 9.17) is 48.1 Å². The third-order valence-electron chi connectivity index (χ3n) is 18.5. The molecule has 0 unspecified atom stereocenters. The molecule has 0 aliphatic carbocycles. The van der Waals surface area contributed by atoms with Crippen LogP contribution in [0.25, 0.3) is 0 Å². The first-order valence-corrected chi connectivity index (χ1v) is 31.6. The Bertz CT molecular complexity index is 2590. The number of nitrogens with one attached hydrogen (secondary N) is 1. The van der Waals surface area contributed by atoms with Crippen LogP contribution in [-0.2, 0) is 66.7 Å². The zero-order chi connectivity index (χ0) is 62.2. The van der Waals surface area contributed by atoms with Crippen molar-refractivity contribution in [3.05, 3.63) is 34.3 Å². The van der Waals surface area contributed by atoms with E-state index < -0.39 is 86.8 Å². The molecule has 8 bridgehead atoms. The number of esters is 7. The molecule has 1 fully saturated rings. The van der Waals surface area contributed by atoms with E-state index in [2.05, 4.69) is 19.2 Å². The van der Waals surface area contributed by atoms with Crippen LogP contribution in [0.2, 0.25) is 0 Å². The number of ether oxygens (including phenoxy) is 7. The van der Waals surface area contributed by atoms with Crippen molar-refractivity contribution in [1.29, 1.82) is 0 Å². The van der Waals surface area contributed by atoms with Crippen molar-refractivity contribution < 1.29 is 66.7 Å². The van der Waals surface area contributed by atoms with Gasteiger partial charge in [0.25, 0.3) is 0 Å². The van der Waals surface area contributed by atoms with E-state index >= 15 is 0 Å². The van der Waals surface area contributed by atoms with E-state index in [0.29, 0.717) is 96.7 Å². The van der Waals surface area contributed by atoms with Crippen molar-refractivity contribution in [1.82, 2.24) is 5.32 Å². The first-order chi connectivity index (χ1) is 39.8. The molecular formula is C66H102N4O14. The minimum Gasteiger partial charge on any atom is -0.466 e. The zero-order valence-corrected chi connectivity index (χ0v) is 53.7. The molecule has 0 radical (unpaired) electrons. The van der Waals surface area contributed by atoms with Crippen molar-refractivity contribution in [3.8, 4) is 0 Å². The minimum absolute atomic E-state index is 0.0119. The Morgan fingerprint density at radius 1 is 0.512 bits per heavy atom. The molecule has 470 valence electrons. The highest BCUT2D eigenvalue weighted by Gasteiger charge is 2.67. The monoisotopic (exact) mass is 1170 g/mol. The number of hydrogen-bond acceptors (Lipinski definition) is 18. The summed E-state index contributed by atoms with van der Waals surface area (Å²) in [4.78, 5) is 116. The lowest BCUT2D eigenvalue weighted by molar-refractivity contribution is -0.150. The Morgan fingerprint density at radius 2 is 0.940 bits per heavy atom. The summed E-state index contributed by atoms with van der Waals surface area (Å²) < 4.78 is 40.6. The molecule has 5 aliphatic rings. The van der Waals surface area contributed by atoms with Crippen molar-refractivity contribution >= 4 is 58.9 Å². The van der Waals surface area contributed by atoms with Crippen molar-refractivity contribution in [2.75, 3.05) is 46.2 Å². The molecule has 0 amide bonds. The molecule has 5 rings (SSSR count). The fourth-order valence-electron chi connectivity index (χ4n) is 13.7. The van der Waals surface area contributed by atoms with Crippen LogP contribution >= 0.6 is 0 Å². The van der Waals surface area contributed by atoms with Crippen LogP contribution in [0.5, 0.6) is 0 Å². The number of nitrogens with zero attached hydrogens (tertiary/aromatic N) is 3. The van der Waals surface area contributed by atoms with E-state index in [9.17, 15) is 33.6 Å². The number of rotatable bonds is 32. The van der Waals surface area contributed by atoms with Crippen LogP contribution in [0, 0.1) is 45.3 Å².